The van der Waals surface area contributed by atoms with E-state index in [0.29, 0.717) is 5.01 Å². The van der Waals surface area contributed by atoms with Gasteiger partial charge in [0, 0.05) is 52.4 Å². The summed E-state index contributed by atoms with van der Waals surface area (Å²) in [6.07, 6.45) is -2.54. The summed E-state index contributed by atoms with van der Waals surface area (Å²) in [5, 5.41) is 33.6. The summed E-state index contributed by atoms with van der Waals surface area (Å²) < 4.78 is 9.81. The van der Waals surface area contributed by atoms with Crippen LogP contribution in [0, 0.1) is 0 Å². The van der Waals surface area contributed by atoms with Gasteiger partial charge in [0.15, 0.2) is 12.2 Å². The van der Waals surface area contributed by atoms with Gasteiger partial charge in [-0.15, -0.1) is 0 Å². The van der Waals surface area contributed by atoms with E-state index >= 15 is 0 Å². The summed E-state index contributed by atoms with van der Waals surface area (Å²) in [7, 11) is 0. The number of rotatable bonds is 17. The van der Waals surface area contributed by atoms with Crippen molar-refractivity contribution in [2.24, 2.45) is 5.73 Å². The molecule has 4 atom stereocenters. The number of ether oxygens (including phenoxy) is 2. The van der Waals surface area contributed by atoms with E-state index < -0.39 is 84.2 Å². The molecule has 2 heterocycles. The number of nitrogens with one attached hydrogen (secondary N) is 3. The van der Waals surface area contributed by atoms with E-state index in [1.54, 1.807) is 26.5 Å². The molecular weight excluding hydrogens is 710 g/mol. The summed E-state index contributed by atoms with van der Waals surface area (Å²) in [6, 6.07) is -2.47. The number of nitrogens with two attached hydrogens (primary N) is 1. The minimum Gasteiger partial charge on any atom is -0.480 e. The molecule has 0 aromatic rings. The Morgan fingerprint density at radius 1 is 0.698 bits per heavy atom. The van der Waals surface area contributed by atoms with E-state index in [1.807, 2.05) is 0 Å². The Morgan fingerprint density at radius 2 is 1.11 bits per heavy atom. The number of carbonyl (C=O) groups is 9. The van der Waals surface area contributed by atoms with Gasteiger partial charge in [-0.25, -0.2) is 9.80 Å². The van der Waals surface area contributed by atoms with Crippen LogP contribution in [0.5, 0.6) is 0 Å². The molecule has 298 valence electrons. The Bertz CT molecular complexity index is 1340. The molecule has 0 aromatic carbocycles. The van der Waals surface area contributed by atoms with Crippen molar-refractivity contribution in [1.82, 2.24) is 40.7 Å². The quantitative estimate of drug-likeness (QED) is 0.0412. The maximum atomic E-state index is 13.1. The van der Waals surface area contributed by atoms with E-state index in [2.05, 4.69) is 16.1 Å². The lowest BCUT2D eigenvalue weighted by Gasteiger charge is -2.33. The van der Waals surface area contributed by atoms with Crippen molar-refractivity contribution in [3.8, 4) is 0 Å². The molecule has 8 N–H and O–H groups in total. The Kier molecular flexibility index (Phi) is 18.0. The van der Waals surface area contributed by atoms with Gasteiger partial charge >= 0.3 is 23.9 Å². The van der Waals surface area contributed by atoms with Crippen LogP contribution < -0.4 is 21.8 Å². The number of nitrogens with zero attached hydrogens (tertiary/aromatic N) is 5. The Morgan fingerprint density at radius 3 is 1.51 bits per heavy atom. The predicted molar refractivity (Wildman–Crippen MR) is 178 cm³/mol. The van der Waals surface area contributed by atoms with E-state index in [0.717, 1.165) is 0 Å². The fourth-order valence-corrected chi connectivity index (χ4v) is 5.16. The summed E-state index contributed by atoms with van der Waals surface area (Å²) in [4.78, 5) is 116. The molecular formula is C30H49N9O14. The zero-order valence-electron chi connectivity index (χ0n) is 29.9. The summed E-state index contributed by atoms with van der Waals surface area (Å²) in [6.45, 7) is 3.67. The van der Waals surface area contributed by atoms with Gasteiger partial charge in [0.2, 0.25) is 17.7 Å². The minimum absolute atomic E-state index is 0.0359. The Balaban J connectivity index is 2.02. The third kappa shape index (κ3) is 16.5. The number of esters is 1. The smallest absolute Gasteiger partial charge is 0.338 e. The fraction of sp³-hybridized carbons (Fsp3) is 0.700. The van der Waals surface area contributed by atoms with Crippen LogP contribution in [0.4, 0.5) is 0 Å². The number of primary amides is 1. The van der Waals surface area contributed by atoms with Crippen molar-refractivity contribution in [1.29, 1.82) is 0 Å². The van der Waals surface area contributed by atoms with E-state index in [1.165, 1.54) is 13.8 Å². The van der Waals surface area contributed by atoms with Crippen LogP contribution in [-0.4, -0.2) is 209 Å². The Labute approximate surface area is 304 Å². The molecule has 0 radical (unpaired) electrons. The van der Waals surface area contributed by atoms with Gasteiger partial charge in [-0.05, 0) is 20.8 Å². The molecule has 0 spiro atoms. The lowest BCUT2D eigenvalue weighted by atomic mass is 10.2. The molecule has 23 nitrogen and oxygen atoms in total. The number of hydrogen-bond acceptors (Lipinski definition) is 15. The average Bonchev–Trinajstić information content (AvgIpc) is 3.85. The number of carboxylic acid groups (broad SMARTS) is 3. The highest BCUT2D eigenvalue weighted by molar-refractivity contribution is 5.97. The van der Waals surface area contributed by atoms with Crippen LogP contribution in [0.25, 0.3) is 0 Å². The number of hydrogen-bond donors (Lipinski definition) is 7. The summed E-state index contributed by atoms with van der Waals surface area (Å²) in [5.74, 6) is -8.39. The average molecular weight is 760 g/mol. The van der Waals surface area contributed by atoms with Crippen LogP contribution in [0.1, 0.15) is 20.8 Å². The Hall–Kier alpha value is -4.97. The number of aliphatic carboxylic acids is 3. The van der Waals surface area contributed by atoms with Crippen molar-refractivity contribution in [2.75, 3.05) is 91.7 Å². The van der Waals surface area contributed by atoms with Gasteiger partial charge < -0.3 is 41.2 Å². The van der Waals surface area contributed by atoms with Crippen molar-refractivity contribution in [3.63, 3.8) is 0 Å². The standard InChI is InChI=1S/C30H49N9O14/c1-4-52-30(51)26-25(53-26)29(50)39(13-20(31)40)34-28(49)19(3)33-27(48)18(2)32-21(41)14-35-5-7-36(15-22(42)43)9-11-38(17-24(46)47)12-10-37(8-6-35)16-23(44)45/h18-19,25-26H,4-17H2,1-3H3,(H2,31,40)(H,32,41)(H,33,48)(H,34,49)(H,42,43)(H,44,45)(H,46,47)/t18?,19?,25-,26+/m0/s1. The molecule has 0 aromatic heterocycles. The molecule has 2 unspecified atom stereocenters. The molecule has 2 fully saturated rings. The molecule has 23 heteroatoms. The van der Waals surface area contributed by atoms with Crippen molar-refractivity contribution >= 4 is 53.4 Å². The van der Waals surface area contributed by atoms with Gasteiger partial charge in [-0.2, -0.15) is 0 Å². The van der Waals surface area contributed by atoms with Gasteiger partial charge in [-0.3, -0.25) is 63.4 Å². The van der Waals surface area contributed by atoms with Crippen LogP contribution in [-0.2, 0) is 52.6 Å². The number of carboxylic acids is 3. The number of amides is 5. The van der Waals surface area contributed by atoms with Crippen molar-refractivity contribution in [2.45, 2.75) is 45.1 Å². The van der Waals surface area contributed by atoms with Crippen LogP contribution >= 0.6 is 0 Å². The third-order valence-electron chi connectivity index (χ3n) is 7.98. The lowest BCUT2D eigenvalue weighted by molar-refractivity contribution is -0.146. The molecule has 2 aliphatic heterocycles. The topological polar surface area (TPSA) is 314 Å². The predicted octanol–water partition coefficient (Wildman–Crippen LogP) is -5.85. The highest BCUT2D eigenvalue weighted by Gasteiger charge is 2.53. The first-order valence-corrected chi connectivity index (χ1v) is 16.8. The largest absolute Gasteiger partial charge is 0.480 e. The molecule has 2 saturated heterocycles. The zero-order valence-corrected chi connectivity index (χ0v) is 29.9. The molecule has 2 aliphatic rings. The minimum atomic E-state index is -1.32. The van der Waals surface area contributed by atoms with Crippen molar-refractivity contribution in [3.05, 3.63) is 0 Å². The van der Waals surface area contributed by atoms with Gasteiger partial charge in [0.05, 0.1) is 32.8 Å². The van der Waals surface area contributed by atoms with Crippen LogP contribution in [0.3, 0.4) is 0 Å². The summed E-state index contributed by atoms with van der Waals surface area (Å²) in [5.41, 5.74) is 7.36. The number of epoxide rings is 1. The summed E-state index contributed by atoms with van der Waals surface area (Å²) >= 11 is 0. The molecule has 0 aliphatic carbocycles. The number of hydrazine groups is 1. The highest BCUT2D eigenvalue weighted by Crippen LogP contribution is 2.25. The first-order chi connectivity index (χ1) is 24.9. The second-order valence-electron chi connectivity index (χ2n) is 12.4. The van der Waals surface area contributed by atoms with Crippen LogP contribution in [0.2, 0.25) is 0 Å². The zero-order chi connectivity index (χ0) is 39.8. The molecule has 0 bridgehead atoms. The lowest BCUT2D eigenvalue weighted by Crippen LogP contribution is -2.58. The van der Waals surface area contributed by atoms with Gasteiger partial charge in [-0.1, -0.05) is 0 Å². The first-order valence-electron chi connectivity index (χ1n) is 16.8. The molecule has 0 saturated carbocycles. The van der Waals surface area contributed by atoms with Gasteiger partial charge in [0.25, 0.3) is 11.8 Å². The fourth-order valence-electron chi connectivity index (χ4n) is 5.16. The van der Waals surface area contributed by atoms with Crippen LogP contribution in [0.15, 0.2) is 0 Å². The second kappa shape index (κ2) is 21.5. The molecule has 2 rings (SSSR count). The second-order valence-corrected chi connectivity index (χ2v) is 12.4. The van der Waals surface area contributed by atoms with E-state index in [9.17, 15) is 58.5 Å². The third-order valence-corrected chi connectivity index (χ3v) is 7.98. The maximum absolute atomic E-state index is 13.1. The number of carbonyl (C=O) groups excluding carboxylic acids is 6. The first kappa shape index (κ1) is 44.2. The monoisotopic (exact) mass is 759 g/mol. The highest BCUT2D eigenvalue weighted by atomic mass is 16.6. The van der Waals surface area contributed by atoms with E-state index in [-0.39, 0.29) is 85.1 Å². The molecule has 53 heavy (non-hydrogen) atoms. The van der Waals surface area contributed by atoms with Crippen molar-refractivity contribution < 1.29 is 67.9 Å². The molecule has 5 amide bonds. The van der Waals surface area contributed by atoms with Gasteiger partial charge in [0.1, 0.15) is 18.6 Å². The maximum Gasteiger partial charge on any atom is 0.338 e. The normalized spacial score (nSPS) is 20.3. The van der Waals surface area contributed by atoms with E-state index in [4.69, 9.17) is 15.2 Å². The SMILES string of the molecule is CCOC(=O)[C@@H]1O[C@@H]1C(=O)N(CC(N)=O)NC(=O)C(C)NC(=O)C(C)NC(=O)CN1CCN(CC(=O)O)CCN(CC(=O)O)CCN(CC(=O)O)CC1.